The second kappa shape index (κ2) is 5.34. The Morgan fingerprint density at radius 3 is 2.69 bits per heavy atom. The summed E-state index contributed by atoms with van der Waals surface area (Å²) >= 11 is 0. The molecule has 0 fully saturated rings. The van der Waals surface area contributed by atoms with Gasteiger partial charge in [-0.15, -0.1) is 0 Å². The molecule has 92 valence electrons. The quantitative estimate of drug-likeness (QED) is 0.852. The molecule has 0 spiro atoms. The Hall–Kier alpha value is -1.04. The van der Waals surface area contributed by atoms with Crippen molar-refractivity contribution in [2.75, 3.05) is 0 Å². The third kappa shape index (κ3) is 3.84. The maximum absolute atomic E-state index is 12.2. The third-order valence-electron chi connectivity index (χ3n) is 2.33. The predicted octanol–water partition coefficient (Wildman–Crippen LogP) is 2.45. The van der Waals surface area contributed by atoms with Gasteiger partial charge in [-0.1, -0.05) is 6.92 Å². The first-order valence-electron chi connectivity index (χ1n) is 5.22. The lowest BCUT2D eigenvalue weighted by molar-refractivity contribution is -0.141. The van der Waals surface area contributed by atoms with Gasteiger partial charge in [-0.25, -0.2) is 0 Å². The highest BCUT2D eigenvalue weighted by Gasteiger charge is 2.33. The first kappa shape index (κ1) is 13.0. The van der Waals surface area contributed by atoms with E-state index in [2.05, 4.69) is 5.10 Å². The topological polar surface area (TPSA) is 38.0 Å². The van der Waals surface area contributed by atoms with E-state index in [0.29, 0.717) is 25.8 Å². The first-order chi connectivity index (χ1) is 7.43. The van der Waals surface area contributed by atoms with Gasteiger partial charge in [0.2, 0.25) is 0 Å². The van der Waals surface area contributed by atoms with Crippen molar-refractivity contribution in [1.29, 1.82) is 0 Å². The number of aliphatic hydroxyl groups excluding tert-OH is 1. The van der Waals surface area contributed by atoms with Gasteiger partial charge in [0.25, 0.3) is 0 Å². The Bertz CT molecular complexity index is 322. The molecule has 0 saturated heterocycles. The Kier molecular flexibility index (Phi) is 4.35. The fraction of sp³-hybridized carbons (Fsp3) is 0.700. The fourth-order valence-corrected chi connectivity index (χ4v) is 1.33. The Morgan fingerprint density at radius 1 is 1.50 bits per heavy atom. The lowest BCUT2D eigenvalue weighted by Crippen LogP contribution is -2.10. The molecule has 0 aromatic carbocycles. The molecule has 1 aromatic heterocycles. The molecule has 0 aliphatic carbocycles. The number of nitrogens with zero attached hydrogens (tertiary/aromatic N) is 2. The van der Waals surface area contributed by atoms with Gasteiger partial charge in [0.15, 0.2) is 5.69 Å². The maximum Gasteiger partial charge on any atom is 0.435 e. The number of hydrogen-bond acceptors (Lipinski definition) is 2. The van der Waals surface area contributed by atoms with Crippen molar-refractivity contribution in [2.45, 2.75) is 45.0 Å². The van der Waals surface area contributed by atoms with Gasteiger partial charge in [-0.3, -0.25) is 4.68 Å². The van der Waals surface area contributed by atoms with Crippen molar-refractivity contribution in [3.05, 3.63) is 18.0 Å². The summed E-state index contributed by atoms with van der Waals surface area (Å²) in [5.41, 5.74) is -0.872. The summed E-state index contributed by atoms with van der Waals surface area (Å²) in [6.07, 6.45) is -1.59. The van der Waals surface area contributed by atoms with Gasteiger partial charge in [-0.2, -0.15) is 18.3 Å². The molecule has 16 heavy (non-hydrogen) atoms. The molecule has 0 amide bonds. The number of aliphatic hydroxyl groups is 1. The van der Waals surface area contributed by atoms with Crippen LogP contribution in [0.25, 0.3) is 0 Å². The molecule has 6 heteroatoms. The van der Waals surface area contributed by atoms with E-state index in [0.717, 1.165) is 6.07 Å². The van der Waals surface area contributed by atoms with Crippen molar-refractivity contribution >= 4 is 0 Å². The van der Waals surface area contributed by atoms with E-state index in [4.69, 9.17) is 0 Å². The monoisotopic (exact) mass is 236 g/mol. The summed E-state index contributed by atoms with van der Waals surface area (Å²) in [6, 6.07) is 0.955. The molecule has 1 atom stereocenters. The summed E-state index contributed by atoms with van der Waals surface area (Å²) < 4.78 is 37.8. The zero-order chi connectivity index (χ0) is 12.2. The van der Waals surface area contributed by atoms with Gasteiger partial charge in [0.05, 0.1) is 6.10 Å². The molecule has 0 saturated carbocycles. The molecule has 0 bridgehead atoms. The van der Waals surface area contributed by atoms with Gasteiger partial charge >= 0.3 is 6.18 Å². The molecule has 0 aliphatic heterocycles. The van der Waals surface area contributed by atoms with E-state index in [1.807, 2.05) is 6.92 Å². The zero-order valence-corrected chi connectivity index (χ0v) is 9.04. The second-order valence-electron chi connectivity index (χ2n) is 3.67. The van der Waals surface area contributed by atoms with Crippen LogP contribution in [0.3, 0.4) is 0 Å². The largest absolute Gasteiger partial charge is 0.435 e. The van der Waals surface area contributed by atoms with Crippen molar-refractivity contribution < 1.29 is 18.3 Å². The van der Waals surface area contributed by atoms with E-state index >= 15 is 0 Å². The molecule has 1 rings (SSSR count). The summed E-state index contributed by atoms with van der Waals surface area (Å²) in [5.74, 6) is 0. The van der Waals surface area contributed by atoms with Crippen LogP contribution < -0.4 is 0 Å². The summed E-state index contributed by atoms with van der Waals surface area (Å²) in [6.45, 7) is 2.26. The molecular weight excluding hydrogens is 221 g/mol. The Morgan fingerprint density at radius 2 is 2.19 bits per heavy atom. The second-order valence-corrected chi connectivity index (χ2v) is 3.67. The van der Waals surface area contributed by atoms with Crippen LogP contribution in [0.15, 0.2) is 12.3 Å². The number of alkyl halides is 3. The van der Waals surface area contributed by atoms with Crippen molar-refractivity contribution in [3.63, 3.8) is 0 Å². The van der Waals surface area contributed by atoms with Crippen LogP contribution in [0.1, 0.15) is 31.9 Å². The van der Waals surface area contributed by atoms with Gasteiger partial charge in [0, 0.05) is 12.7 Å². The number of rotatable bonds is 5. The van der Waals surface area contributed by atoms with Crippen LogP contribution in [0.4, 0.5) is 13.2 Å². The van der Waals surface area contributed by atoms with Crippen molar-refractivity contribution in [3.8, 4) is 0 Å². The number of halogens is 3. The normalized spacial score (nSPS) is 14.1. The average molecular weight is 236 g/mol. The maximum atomic E-state index is 12.2. The number of aryl methyl sites for hydroxylation is 1. The van der Waals surface area contributed by atoms with Crippen LogP contribution in [-0.4, -0.2) is 21.0 Å². The predicted molar refractivity (Wildman–Crippen MR) is 52.8 cm³/mol. The lowest BCUT2D eigenvalue weighted by Gasteiger charge is -2.07. The van der Waals surface area contributed by atoms with Gasteiger partial charge in [-0.05, 0) is 25.3 Å². The van der Waals surface area contributed by atoms with E-state index in [9.17, 15) is 18.3 Å². The third-order valence-corrected chi connectivity index (χ3v) is 2.33. The molecule has 0 radical (unpaired) electrons. The highest BCUT2D eigenvalue weighted by atomic mass is 19.4. The molecule has 1 unspecified atom stereocenters. The van der Waals surface area contributed by atoms with Crippen LogP contribution in [0.5, 0.6) is 0 Å². The SMILES string of the molecule is CCC(O)CCCn1ccc(C(F)(F)F)n1. The van der Waals surface area contributed by atoms with Crippen molar-refractivity contribution in [1.82, 2.24) is 9.78 Å². The summed E-state index contributed by atoms with van der Waals surface area (Å²) in [4.78, 5) is 0. The van der Waals surface area contributed by atoms with E-state index in [-0.39, 0.29) is 6.10 Å². The average Bonchev–Trinajstić information content (AvgIpc) is 2.65. The first-order valence-corrected chi connectivity index (χ1v) is 5.22. The van der Waals surface area contributed by atoms with Gasteiger partial charge in [0.1, 0.15) is 0 Å². The van der Waals surface area contributed by atoms with E-state index in [1.165, 1.54) is 10.9 Å². The van der Waals surface area contributed by atoms with Gasteiger partial charge < -0.3 is 5.11 Å². The van der Waals surface area contributed by atoms with E-state index < -0.39 is 11.9 Å². The minimum atomic E-state index is -4.38. The highest BCUT2D eigenvalue weighted by molar-refractivity contribution is 5.03. The molecule has 1 heterocycles. The Balaban J connectivity index is 2.41. The highest BCUT2D eigenvalue weighted by Crippen LogP contribution is 2.27. The molecular formula is C10H15F3N2O. The summed E-state index contributed by atoms with van der Waals surface area (Å²) in [5, 5.41) is 12.7. The molecule has 3 nitrogen and oxygen atoms in total. The summed E-state index contributed by atoms with van der Waals surface area (Å²) in [7, 11) is 0. The smallest absolute Gasteiger partial charge is 0.393 e. The fourth-order valence-electron chi connectivity index (χ4n) is 1.33. The van der Waals surface area contributed by atoms with Crippen LogP contribution >= 0.6 is 0 Å². The molecule has 1 N–H and O–H groups in total. The van der Waals surface area contributed by atoms with E-state index in [1.54, 1.807) is 0 Å². The lowest BCUT2D eigenvalue weighted by atomic mass is 10.1. The van der Waals surface area contributed by atoms with Crippen molar-refractivity contribution in [2.24, 2.45) is 0 Å². The molecule has 0 aliphatic rings. The standard InChI is InChI=1S/C10H15F3N2O/c1-2-8(16)4-3-6-15-7-5-9(14-15)10(11,12)13/h5,7-8,16H,2-4,6H2,1H3. The zero-order valence-electron chi connectivity index (χ0n) is 9.04. The Labute approximate surface area is 91.9 Å². The number of hydrogen-bond donors (Lipinski definition) is 1. The minimum absolute atomic E-state index is 0.377. The van der Waals surface area contributed by atoms with Crippen LogP contribution in [0.2, 0.25) is 0 Å². The van der Waals surface area contributed by atoms with Crippen LogP contribution in [-0.2, 0) is 12.7 Å². The number of aromatic nitrogens is 2. The minimum Gasteiger partial charge on any atom is -0.393 e. The van der Waals surface area contributed by atoms with Crippen LogP contribution in [0, 0.1) is 0 Å². The molecule has 1 aromatic rings.